The number of fused-ring (bicyclic) bond motifs is 1. The van der Waals surface area contributed by atoms with E-state index in [0.29, 0.717) is 33.7 Å². The van der Waals surface area contributed by atoms with E-state index in [0.717, 1.165) is 16.2 Å². The highest BCUT2D eigenvalue weighted by Gasteiger charge is 2.37. The molecule has 6 nitrogen and oxygen atoms in total. The first-order valence-corrected chi connectivity index (χ1v) is 11.2. The van der Waals surface area contributed by atoms with Crippen molar-refractivity contribution < 1.29 is 9.53 Å². The molecule has 1 atom stereocenters. The zero-order valence-corrected chi connectivity index (χ0v) is 18.3. The van der Waals surface area contributed by atoms with Crippen molar-refractivity contribution in [2.45, 2.75) is 45.7 Å². The number of hydrogen-bond acceptors (Lipinski definition) is 7. The molecule has 3 heterocycles. The maximum absolute atomic E-state index is 13.1. The molecule has 28 heavy (non-hydrogen) atoms. The predicted molar refractivity (Wildman–Crippen MR) is 114 cm³/mol. The minimum absolute atomic E-state index is 0.226. The van der Waals surface area contributed by atoms with Crippen LogP contribution in [0.4, 0.5) is 5.82 Å². The van der Waals surface area contributed by atoms with E-state index in [9.17, 15) is 9.59 Å². The number of aromatic amines is 1. The molecule has 150 valence electrons. The number of thioether (sulfide) groups is 1. The van der Waals surface area contributed by atoms with Gasteiger partial charge in [0, 0.05) is 16.3 Å². The van der Waals surface area contributed by atoms with Crippen LogP contribution < -0.4 is 10.9 Å². The van der Waals surface area contributed by atoms with Gasteiger partial charge in [0.2, 0.25) is 0 Å². The Morgan fingerprint density at radius 3 is 2.75 bits per heavy atom. The summed E-state index contributed by atoms with van der Waals surface area (Å²) in [6.07, 6.45) is 0. The van der Waals surface area contributed by atoms with Crippen LogP contribution >= 0.6 is 23.1 Å². The third kappa shape index (κ3) is 4.03. The molecule has 1 aliphatic heterocycles. The van der Waals surface area contributed by atoms with Crippen LogP contribution in [0.5, 0.6) is 0 Å². The molecule has 0 fully saturated rings. The standard InChI is InChI=1S/C20H25N3O3S2/c1-6-26-19(25)13-12(5)21-17-15(14(13)16-11(4)7-8-27-16)18(24)23-20(22-17)28-9-10(2)3/h7-8,10,14H,6,9H2,1-5H3,(H2,21,22,23,24)/t14-/m0/s1. The van der Waals surface area contributed by atoms with Crippen LogP contribution in [0, 0.1) is 12.8 Å². The predicted octanol–water partition coefficient (Wildman–Crippen LogP) is 4.28. The highest BCUT2D eigenvalue weighted by molar-refractivity contribution is 7.99. The summed E-state index contributed by atoms with van der Waals surface area (Å²) in [5.74, 6) is 0.957. The van der Waals surface area contributed by atoms with Crippen LogP contribution in [-0.2, 0) is 9.53 Å². The van der Waals surface area contributed by atoms with Crippen molar-refractivity contribution in [1.29, 1.82) is 0 Å². The molecule has 0 unspecified atom stereocenters. The average Bonchev–Trinajstić information content (AvgIpc) is 3.04. The summed E-state index contributed by atoms with van der Waals surface area (Å²) in [6.45, 7) is 10.1. The molecule has 2 aromatic rings. The molecule has 1 aliphatic rings. The monoisotopic (exact) mass is 419 g/mol. The van der Waals surface area contributed by atoms with Gasteiger partial charge >= 0.3 is 5.97 Å². The topological polar surface area (TPSA) is 84.1 Å². The number of nitrogens with one attached hydrogen (secondary N) is 2. The Labute approximate surface area is 172 Å². The summed E-state index contributed by atoms with van der Waals surface area (Å²) in [7, 11) is 0. The van der Waals surface area contributed by atoms with Gasteiger partial charge < -0.3 is 15.0 Å². The number of esters is 1. The molecule has 0 bridgehead atoms. The van der Waals surface area contributed by atoms with Gasteiger partial charge in [-0.1, -0.05) is 25.6 Å². The zero-order valence-electron chi connectivity index (χ0n) is 16.7. The molecule has 0 aromatic carbocycles. The van der Waals surface area contributed by atoms with E-state index in [4.69, 9.17) is 4.74 Å². The Bertz CT molecular complexity index is 975. The molecule has 8 heteroatoms. The Morgan fingerprint density at radius 2 is 2.14 bits per heavy atom. The number of carbonyl (C=O) groups excluding carboxylic acids is 1. The fraction of sp³-hybridized carbons (Fsp3) is 0.450. The fourth-order valence-electron chi connectivity index (χ4n) is 3.17. The first kappa shape index (κ1) is 20.7. The zero-order chi connectivity index (χ0) is 20.4. The fourth-order valence-corrected chi connectivity index (χ4v) is 5.02. The lowest BCUT2D eigenvalue weighted by Crippen LogP contribution is -2.31. The first-order chi connectivity index (χ1) is 13.3. The number of hydrogen-bond donors (Lipinski definition) is 2. The molecule has 0 spiro atoms. The molecule has 0 saturated carbocycles. The minimum Gasteiger partial charge on any atom is -0.463 e. The Balaban J connectivity index is 2.15. The van der Waals surface area contributed by atoms with Crippen molar-refractivity contribution in [1.82, 2.24) is 9.97 Å². The maximum atomic E-state index is 13.1. The van der Waals surface area contributed by atoms with Crippen molar-refractivity contribution >= 4 is 34.9 Å². The summed E-state index contributed by atoms with van der Waals surface area (Å²) in [5.41, 5.74) is 2.41. The third-order valence-electron chi connectivity index (χ3n) is 4.43. The number of H-pyrrole nitrogens is 1. The van der Waals surface area contributed by atoms with Gasteiger partial charge in [0.1, 0.15) is 5.82 Å². The minimum atomic E-state index is -0.490. The molecule has 0 saturated heterocycles. The van der Waals surface area contributed by atoms with Gasteiger partial charge in [0.05, 0.1) is 23.7 Å². The molecule has 0 radical (unpaired) electrons. The van der Waals surface area contributed by atoms with Crippen LogP contribution in [0.15, 0.2) is 32.7 Å². The van der Waals surface area contributed by atoms with Crippen molar-refractivity contribution in [3.8, 4) is 0 Å². The van der Waals surface area contributed by atoms with E-state index < -0.39 is 11.9 Å². The number of ether oxygens (including phenoxy) is 1. The average molecular weight is 420 g/mol. The van der Waals surface area contributed by atoms with E-state index in [1.807, 2.05) is 25.3 Å². The molecular formula is C20H25N3O3S2. The van der Waals surface area contributed by atoms with E-state index in [1.165, 1.54) is 23.1 Å². The van der Waals surface area contributed by atoms with Crippen LogP contribution in [-0.4, -0.2) is 28.3 Å². The number of nitrogens with zero attached hydrogens (tertiary/aromatic N) is 1. The highest BCUT2D eigenvalue weighted by Crippen LogP contribution is 2.43. The highest BCUT2D eigenvalue weighted by atomic mass is 32.2. The number of carbonyl (C=O) groups is 1. The summed E-state index contributed by atoms with van der Waals surface area (Å²) in [5, 5.41) is 5.72. The molecule has 0 amide bonds. The number of rotatable bonds is 6. The van der Waals surface area contributed by atoms with E-state index in [1.54, 1.807) is 6.92 Å². The lowest BCUT2D eigenvalue weighted by atomic mass is 9.85. The van der Waals surface area contributed by atoms with E-state index >= 15 is 0 Å². The number of aryl methyl sites for hydroxylation is 1. The first-order valence-electron chi connectivity index (χ1n) is 9.29. The molecular weight excluding hydrogens is 394 g/mol. The van der Waals surface area contributed by atoms with Crippen molar-refractivity contribution in [3.05, 3.63) is 49.1 Å². The van der Waals surface area contributed by atoms with Gasteiger partial charge in [0.25, 0.3) is 5.56 Å². The lowest BCUT2D eigenvalue weighted by Gasteiger charge is -2.28. The van der Waals surface area contributed by atoms with Crippen LogP contribution in [0.25, 0.3) is 0 Å². The summed E-state index contributed by atoms with van der Waals surface area (Å²) >= 11 is 3.05. The number of aromatic nitrogens is 2. The van der Waals surface area contributed by atoms with Crippen molar-refractivity contribution in [2.24, 2.45) is 5.92 Å². The molecule has 3 rings (SSSR count). The van der Waals surface area contributed by atoms with E-state index in [2.05, 4.69) is 29.1 Å². The second kappa shape index (κ2) is 8.53. The van der Waals surface area contributed by atoms with Gasteiger partial charge in [-0.05, 0) is 43.7 Å². The Hall–Kier alpha value is -2.06. The Kier molecular flexibility index (Phi) is 6.30. The second-order valence-corrected chi connectivity index (χ2v) is 9.08. The summed E-state index contributed by atoms with van der Waals surface area (Å²) in [6, 6.07) is 1.99. The lowest BCUT2D eigenvalue weighted by molar-refractivity contribution is -0.138. The number of thiophene rings is 1. The van der Waals surface area contributed by atoms with Gasteiger partial charge in [-0.25, -0.2) is 9.78 Å². The van der Waals surface area contributed by atoms with Gasteiger partial charge in [-0.2, -0.15) is 0 Å². The van der Waals surface area contributed by atoms with Crippen molar-refractivity contribution in [2.75, 3.05) is 17.7 Å². The van der Waals surface area contributed by atoms with Crippen LogP contribution in [0.1, 0.15) is 49.6 Å². The van der Waals surface area contributed by atoms with Gasteiger partial charge in [-0.15, -0.1) is 11.3 Å². The SMILES string of the molecule is CCOC(=O)C1=C(C)Nc2nc(SCC(C)C)[nH]c(=O)c2[C@H]1c1sccc1C. The van der Waals surface area contributed by atoms with Gasteiger partial charge in [0.15, 0.2) is 5.16 Å². The van der Waals surface area contributed by atoms with Crippen molar-refractivity contribution in [3.63, 3.8) is 0 Å². The van der Waals surface area contributed by atoms with E-state index in [-0.39, 0.29) is 12.2 Å². The number of anilines is 1. The quantitative estimate of drug-likeness (QED) is 0.413. The normalized spacial score (nSPS) is 16.1. The molecule has 2 aromatic heterocycles. The van der Waals surface area contributed by atoms with Crippen LogP contribution in [0.3, 0.4) is 0 Å². The maximum Gasteiger partial charge on any atom is 0.336 e. The Morgan fingerprint density at radius 1 is 1.39 bits per heavy atom. The smallest absolute Gasteiger partial charge is 0.336 e. The second-order valence-electron chi connectivity index (χ2n) is 7.12. The third-order valence-corrected chi connectivity index (χ3v) is 6.82. The van der Waals surface area contributed by atoms with Gasteiger partial charge in [-0.3, -0.25) is 4.79 Å². The number of allylic oxidation sites excluding steroid dienone is 1. The summed E-state index contributed by atoms with van der Waals surface area (Å²) < 4.78 is 5.29. The summed E-state index contributed by atoms with van der Waals surface area (Å²) in [4.78, 5) is 34.3. The van der Waals surface area contributed by atoms with Crippen LogP contribution in [0.2, 0.25) is 0 Å². The molecule has 2 N–H and O–H groups in total. The largest absolute Gasteiger partial charge is 0.463 e. The molecule has 0 aliphatic carbocycles.